The number of pyridine rings is 2. The second-order valence-corrected chi connectivity index (χ2v) is 4.44. The topological polar surface area (TPSA) is 54.9 Å². The zero-order valence-electron chi connectivity index (χ0n) is 10.8. The fourth-order valence-electron chi connectivity index (χ4n) is 2.09. The fraction of sp³-hybridized carbons (Fsp3) is 0.0625. The van der Waals surface area contributed by atoms with Gasteiger partial charge >= 0.3 is 0 Å². The van der Waals surface area contributed by atoms with Crippen molar-refractivity contribution in [1.29, 1.82) is 0 Å². The van der Waals surface area contributed by atoms with Crippen LogP contribution in [0.15, 0.2) is 61.2 Å². The van der Waals surface area contributed by atoms with Crippen molar-refractivity contribution in [2.45, 2.75) is 6.54 Å². The van der Waals surface area contributed by atoms with Crippen molar-refractivity contribution in [3.05, 3.63) is 72.3 Å². The van der Waals surface area contributed by atoms with E-state index in [1.807, 2.05) is 36.4 Å². The molecule has 20 heavy (non-hydrogen) atoms. The van der Waals surface area contributed by atoms with E-state index in [2.05, 4.69) is 15.3 Å². The van der Waals surface area contributed by atoms with Gasteiger partial charge in [0.05, 0.1) is 0 Å². The molecule has 0 aliphatic heterocycles. The largest absolute Gasteiger partial charge is 0.348 e. The molecule has 0 bridgehead atoms. The highest BCUT2D eigenvalue weighted by molar-refractivity contribution is 6.06. The monoisotopic (exact) mass is 263 g/mol. The maximum Gasteiger partial charge on any atom is 0.252 e. The molecular formula is C16H13N3O. The van der Waals surface area contributed by atoms with E-state index >= 15 is 0 Å². The van der Waals surface area contributed by atoms with Crippen molar-refractivity contribution in [2.75, 3.05) is 0 Å². The Balaban J connectivity index is 1.82. The summed E-state index contributed by atoms with van der Waals surface area (Å²) in [6.45, 7) is 0.484. The summed E-state index contributed by atoms with van der Waals surface area (Å²) in [5.41, 5.74) is 1.66. The standard InChI is InChI=1S/C16H13N3O/c20-16(19-10-12-4-7-17-8-5-12)14-3-1-2-13-6-9-18-11-15(13)14/h1-9,11H,10H2,(H,19,20). The number of hydrogen-bond acceptors (Lipinski definition) is 3. The van der Waals surface area contributed by atoms with Crippen LogP contribution in [-0.4, -0.2) is 15.9 Å². The number of aromatic nitrogens is 2. The van der Waals surface area contributed by atoms with Gasteiger partial charge in [0.25, 0.3) is 5.91 Å². The molecule has 2 heterocycles. The van der Waals surface area contributed by atoms with Crippen LogP contribution in [0.1, 0.15) is 15.9 Å². The predicted molar refractivity (Wildman–Crippen MR) is 77.2 cm³/mol. The van der Waals surface area contributed by atoms with E-state index in [-0.39, 0.29) is 5.91 Å². The lowest BCUT2D eigenvalue weighted by Gasteiger charge is -2.07. The van der Waals surface area contributed by atoms with Gasteiger partial charge < -0.3 is 5.32 Å². The molecule has 2 aromatic heterocycles. The molecule has 4 nitrogen and oxygen atoms in total. The van der Waals surface area contributed by atoms with Gasteiger partial charge in [0.15, 0.2) is 0 Å². The molecule has 0 fully saturated rings. The lowest BCUT2D eigenvalue weighted by Crippen LogP contribution is -2.23. The molecule has 98 valence electrons. The van der Waals surface area contributed by atoms with Crippen LogP contribution in [0.4, 0.5) is 0 Å². The van der Waals surface area contributed by atoms with Gasteiger partial charge in [-0.1, -0.05) is 12.1 Å². The molecule has 1 N–H and O–H groups in total. The molecule has 0 aliphatic carbocycles. The third-order valence-electron chi connectivity index (χ3n) is 3.13. The molecule has 3 rings (SSSR count). The van der Waals surface area contributed by atoms with Crippen LogP contribution in [-0.2, 0) is 6.54 Å². The number of amides is 1. The Labute approximate surface area is 116 Å². The number of nitrogens with one attached hydrogen (secondary N) is 1. The molecule has 0 spiro atoms. The van der Waals surface area contributed by atoms with Gasteiger partial charge in [0.2, 0.25) is 0 Å². The van der Waals surface area contributed by atoms with Crippen LogP contribution in [0.5, 0.6) is 0 Å². The summed E-state index contributed by atoms with van der Waals surface area (Å²) in [7, 11) is 0. The summed E-state index contributed by atoms with van der Waals surface area (Å²) < 4.78 is 0. The first kappa shape index (κ1) is 12.3. The Morgan fingerprint density at radius 1 is 1.00 bits per heavy atom. The van der Waals surface area contributed by atoms with Crippen LogP contribution < -0.4 is 5.32 Å². The number of benzene rings is 1. The molecule has 0 aliphatic rings. The Kier molecular flexibility index (Phi) is 3.37. The highest BCUT2D eigenvalue weighted by atomic mass is 16.1. The average Bonchev–Trinajstić information content (AvgIpc) is 2.53. The van der Waals surface area contributed by atoms with E-state index in [1.165, 1.54) is 0 Å². The number of fused-ring (bicyclic) bond motifs is 1. The first-order chi connectivity index (χ1) is 9.84. The zero-order chi connectivity index (χ0) is 13.8. The highest BCUT2D eigenvalue weighted by Crippen LogP contribution is 2.17. The van der Waals surface area contributed by atoms with Gasteiger partial charge in [-0.25, -0.2) is 0 Å². The van der Waals surface area contributed by atoms with E-state index < -0.39 is 0 Å². The smallest absolute Gasteiger partial charge is 0.252 e. The van der Waals surface area contributed by atoms with E-state index in [9.17, 15) is 4.79 Å². The number of hydrogen-bond donors (Lipinski definition) is 1. The summed E-state index contributed by atoms with van der Waals surface area (Å²) in [6.07, 6.45) is 6.87. The summed E-state index contributed by atoms with van der Waals surface area (Å²) in [5, 5.41) is 4.79. The van der Waals surface area contributed by atoms with Crippen molar-refractivity contribution in [2.24, 2.45) is 0 Å². The van der Waals surface area contributed by atoms with Gasteiger partial charge in [0, 0.05) is 42.3 Å². The maximum absolute atomic E-state index is 12.3. The van der Waals surface area contributed by atoms with Gasteiger partial charge in [0.1, 0.15) is 0 Å². The van der Waals surface area contributed by atoms with Gasteiger partial charge in [-0.2, -0.15) is 0 Å². The normalized spacial score (nSPS) is 10.4. The Bertz CT molecular complexity index is 736. The lowest BCUT2D eigenvalue weighted by molar-refractivity contribution is 0.0952. The third kappa shape index (κ3) is 2.49. The van der Waals surface area contributed by atoms with Gasteiger partial charge in [-0.05, 0) is 35.2 Å². The summed E-state index contributed by atoms with van der Waals surface area (Å²) >= 11 is 0. The van der Waals surface area contributed by atoms with Crippen molar-refractivity contribution < 1.29 is 4.79 Å². The Morgan fingerprint density at radius 3 is 2.65 bits per heavy atom. The fourth-order valence-corrected chi connectivity index (χ4v) is 2.09. The summed E-state index contributed by atoms with van der Waals surface area (Å²) in [5.74, 6) is -0.0968. The highest BCUT2D eigenvalue weighted by Gasteiger charge is 2.09. The SMILES string of the molecule is O=C(NCc1ccncc1)c1cccc2ccncc12. The summed E-state index contributed by atoms with van der Waals surface area (Å²) in [6, 6.07) is 11.3. The first-order valence-electron chi connectivity index (χ1n) is 6.34. The number of rotatable bonds is 3. The second kappa shape index (κ2) is 5.48. The van der Waals surface area contributed by atoms with Gasteiger partial charge in [-0.3, -0.25) is 14.8 Å². The third-order valence-corrected chi connectivity index (χ3v) is 3.13. The van der Waals surface area contributed by atoms with Crippen LogP contribution in [0, 0.1) is 0 Å². The Hall–Kier alpha value is -2.75. The molecule has 3 aromatic rings. The molecule has 4 heteroatoms. The van der Waals surface area contributed by atoms with Crippen LogP contribution in [0.25, 0.3) is 10.8 Å². The molecule has 0 unspecified atom stereocenters. The zero-order valence-corrected chi connectivity index (χ0v) is 10.8. The molecule has 1 aromatic carbocycles. The van der Waals surface area contributed by atoms with Crippen molar-refractivity contribution in [3.63, 3.8) is 0 Å². The molecule has 0 atom stereocenters. The average molecular weight is 263 g/mol. The van der Waals surface area contributed by atoms with E-state index in [1.54, 1.807) is 24.8 Å². The molecule has 1 amide bonds. The Morgan fingerprint density at radius 2 is 1.80 bits per heavy atom. The molecular weight excluding hydrogens is 250 g/mol. The number of nitrogens with zero attached hydrogens (tertiary/aromatic N) is 2. The molecule has 0 saturated heterocycles. The minimum Gasteiger partial charge on any atom is -0.348 e. The van der Waals surface area contributed by atoms with Crippen molar-refractivity contribution >= 4 is 16.7 Å². The van der Waals surface area contributed by atoms with Crippen LogP contribution in [0.2, 0.25) is 0 Å². The maximum atomic E-state index is 12.3. The molecule has 0 saturated carbocycles. The molecule has 0 radical (unpaired) electrons. The predicted octanol–water partition coefficient (Wildman–Crippen LogP) is 2.56. The van der Waals surface area contributed by atoms with E-state index in [0.717, 1.165) is 16.3 Å². The number of carbonyl (C=O) groups excluding carboxylic acids is 1. The van der Waals surface area contributed by atoms with E-state index in [0.29, 0.717) is 12.1 Å². The van der Waals surface area contributed by atoms with Crippen LogP contribution in [0.3, 0.4) is 0 Å². The number of carbonyl (C=O) groups is 1. The quantitative estimate of drug-likeness (QED) is 0.790. The lowest BCUT2D eigenvalue weighted by atomic mass is 10.1. The summed E-state index contributed by atoms with van der Waals surface area (Å²) in [4.78, 5) is 20.3. The van der Waals surface area contributed by atoms with Crippen molar-refractivity contribution in [3.8, 4) is 0 Å². The minimum atomic E-state index is -0.0968. The first-order valence-corrected chi connectivity index (χ1v) is 6.34. The van der Waals surface area contributed by atoms with Crippen molar-refractivity contribution in [1.82, 2.24) is 15.3 Å². The second-order valence-electron chi connectivity index (χ2n) is 4.44. The minimum absolute atomic E-state index is 0.0968. The van der Waals surface area contributed by atoms with Crippen LogP contribution >= 0.6 is 0 Å². The van der Waals surface area contributed by atoms with Gasteiger partial charge in [-0.15, -0.1) is 0 Å². The van der Waals surface area contributed by atoms with E-state index in [4.69, 9.17) is 0 Å².